The molecular weight excluding hydrogens is 248 g/mol. The molecule has 0 bridgehead atoms. The molecule has 0 aliphatic heterocycles. The first kappa shape index (κ1) is 12.5. The highest BCUT2D eigenvalue weighted by atomic mass is 16.1. The van der Waals surface area contributed by atoms with Crippen LogP contribution in [0.5, 0.6) is 0 Å². The Morgan fingerprint density at radius 2 is 1.50 bits per heavy atom. The molecule has 1 aliphatic carbocycles. The molecule has 2 aromatic carbocycles. The maximum absolute atomic E-state index is 12.3. The first-order valence-electron chi connectivity index (χ1n) is 6.58. The first-order chi connectivity index (χ1) is 9.71. The molecule has 0 spiro atoms. The van der Waals surface area contributed by atoms with E-state index in [0.29, 0.717) is 6.42 Å². The van der Waals surface area contributed by atoms with E-state index in [0.717, 1.165) is 22.3 Å². The van der Waals surface area contributed by atoms with Crippen LogP contribution in [-0.4, -0.2) is 5.91 Å². The van der Waals surface area contributed by atoms with E-state index in [9.17, 15) is 4.79 Å². The van der Waals surface area contributed by atoms with Crippen LogP contribution in [0.2, 0.25) is 0 Å². The average Bonchev–Trinajstić information content (AvgIpc) is 2.77. The van der Waals surface area contributed by atoms with Gasteiger partial charge in [-0.2, -0.15) is 0 Å². The summed E-state index contributed by atoms with van der Waals surface area (Å²) in [4.78, 5) is 12.3. The summed E-state index contributed by atoms with van der Waals surface area (Å²) in [7, 11) is 0. The molecule has 0 saturated heterocycles. The normalized spacial score (nSPS) is 15.0. The fraction of sp³-hybridized carbons (Fsp3) is 0.118. The fourth-order valence-electron chi connectivity index (χ4n) is 3.16. The van der Waals surface area contributed by atoms with Crippen molar-refractivity contribution < 1.29 is 4.79 Å². The van der Waals surface area contributed by atoms with Crippen LogP contribution < -0.4 is 11.5 Å². The number of hydrogen-bond acceptors (Lipinski definition) is 2. The summed E-state index contributed by atoms with van der Waals surface area (Å²) in [6.07, 6.45) is 3.74. The zero-order valence-corrected chi connectivity index (χ0v) is 11.0. The van der Waals surface area contributed by atoms with Gasteiger partial charge in [-0.1, -0.05) is 54.6 Å². The van der Waals surface area contributed by atoms with Crippen LogP contribution in [0.25, 0.3) is 11.1 Å². The maximum Gasteiger partial charge on any atom is 0.232 e. The third-order valence-electron chi connectivity index (χ3n) is 4.04. The number of carbonyl (C=O) groups excluding carboxylic acids is 1. The molecule has 0 radical (unpaired) electrons. The Hall–Kier alpha value is -2.55. The minimum absolute atomic E-state index is 0.340. The second-order valence-electron chi connectivity index (χ2n) is 4.99. The summed E-state index contributed by atoms with van der Waals surface area (Å²) in [5, 5.41) is 0. The molecule has 0 aromatic heterocycles. The molecule has 0 unspecified atom stereocenters. The molecule has 0 saturated carbocycles. The van der Waals surface area contributed by atoms with Gasteiger partial charge in [0.05, 0.1) is 0 Å². The van der Waals surface area contributed by atoms with E-state index in [1.54, 1.807) is 6.08 Å². The number of primary amides is 1. The lowest BCUT2D eigenvalue weighted by atomic mass is 9.75. The van der Waals surface area contributed by atoms with Gasteiger partial charge in [-0.05, 0) is 34.9 Å². The van der Waals surface area contributed by atoms with Crippen LogP contribution >= 0.6 is 0 Å². The van der Waals surface area contributed by atoms with Crippen molar-refractivity contribution in [1.29, 1.82) is 0 Å². The lowest BCUT2D eigenvalue weighted by Crippen LogP contribution is -2.40. The molecule has 1 amide bonds. The summed E-state index contributed by atoms with van der Waals surface area (Å²) < 4.78 is 0. The van der Waals surface area contributed by atoms with E-state index in [1.807, 2.05) is 48.5 Å². The lowest BCUT2D eigenvalue weighted by molar-refractivity contribution is -0.122. The molecule has 0 atom stereocenters. The number of amides is 1. The number of fused-ring (bicyclic) bond motifs is 3. The van der Waals surface area contributed by atoms with Crippen molar-refractivity contribution in [3.8, 4) is 11.1 Å². The van der Waals surface area contributed by atoms with E-state index < -0.39 is 5.41 Å². The van der Waals surface area contributed by atoms with Gasteiger partial charge in [0.15, 0.2) is 0 Å². The Kier molecular flexibility index (Phi) is 2.83. The van der Waals surface area contributed by atoms with Crippen molar-refractivity contribution in [3.05, 3.63) is 71.9 Å². The Bertz CT molecular complexity index is 658. The highest BCUT2D eigenvalue weighted by molar-refractivity contribution is 6.00. The van der Waals surface area contributed by atoms with E-state index in [1.165, 1.54) is 6.20 Å². The third-order valence-corrected chi connectivity index (χ3v) is 4.04. The number of rotatable bonds is 3. The van der Waals surface area contributed by atoms with Crippen molar-refractivity contribution in [1.82, 2.24) is 0 Å². The van der Waals surface area contributed by atoms with Crippen molar-refractivity contribution >= 4 is 5.91 Å². The van der Waals surface area contributed by atoms with E-state index in [-0.39, 0.29) is 5.91 Å². The predicted molar refractivity (Wildman–Crippen MR) is 79.8 cm³/mol. The molecule has 0 fully saturated rings. The monoisotopic (exact) mass is 264 g/mol. The third kappa shape index (κ3) is 1.50. The SMILES string of the molecule is NC=CCC1(C(N)=O)c2ccccc2-c2ccccc21. The molecule has 3 nitrogen and oxygen atoms in total. The second kappa shape index (κ2) is 4.53. The van der Waals surface area contributed by atoms with Gasteiger partial charge in [-0.3, -0.25) is 4.79 Å². The summed E-state index contributed by atoms with van der Waals surface area (Å²) in [5.74, 6) is -0.340. The van der Waals surface area contributed by atoms with Crippen molar-refractivity contribution in [2.45, 2.75) is 11.8 Å². The molecule has 2 aromatic rings. The summed E-state index contributed by atoms with van der Waals surface area (Å²) in [5.41, 5.74) is 14.5. The minimum Gasteiger partial charge on any atom is -0.405 e. The Morgan fingerprint density at radius 3 is 1.95 bits per heavy atom. The van der Waals surface area contributed by atoms with Gasteiger partial charge in [0.1, 0.15) is 5.41 Å². The first-order valence-corrected chi connectivity index (χ1v) is 6.58. The van der Waals surface area contributed by atoms with Crippen molar-refractivity contribution in [3.63, 3.8) is 0 Å². The topological polar surface area (TPSA) is 69.1 Å². The molecule has 20 heavy (non-hydrogen) atoms. The minimum atomic E-state index is -0.816. The van der Waals surface area contributed by atoms with Crippen LogP contribution in [-0.2, 0) is 10.2 Å². The molecular formula is C17H16N2O. The molecule has 3 heteroatoms. The second-order valence-corrected chi connectivity index (χ2v) is 4.99. The van der Waals surface area contributed by atoms with Crippen LogP contribution in [0.15, 0.2) is 60.8 Å². The Morgan fingerprint density at radius 1 is 1.00 bits per heavy atom. The average molecular weight is 264 g/mol. The zero-order valence-electron chi connectivity index (χ0n) is 11.0. The van der Waals surface area contributed by atoms with Crippen LogP contribution in [0.4, 0.5) is 0 Å². The van der Waals surface area contributed by atoms with E-state index in [4.69, 9.17) is 11.5 Å². The highest BCUT2D eigenvalue weighted by Gasteiger charge is 2.46. The zero-order chi connectivity index (χ0) is 14.2. The number of carbonyl (C=O) groups is 1. The largest absolute Gasteiger partial charge is 0.405 e. The maximum atomic E-state index is 12.3. The number of benzene rings is 2. The van der Waals surface area contributed by atoms with Crippen LogP contribution in [0.1, 0.15) is 17.5 Å². The summed E-state index contributed by atoms with van der Waals surface area (Å²) in [6, 6.07) is 15.9. The molecule has 1 aliphatic rings. The number of nitrogens with two attached hydrogens (primary N) is 2. The van der Waals surface area contributed by atoms with Crippen LogP contribution in [0.3, 0.4) is 0 Å². The van der Waals surface area contributed by atoms with Gasteiger partial charge in [0, 0.05) is 0 Å². The fourth-order valence-corrected chi connectivity index (χ4v) is 3.16. The molecule has 3 rings (SSSR count). The van der Waals surface area contributed by atoms with Gasteiger partial charge in [0.2, 0.25) is 5.91 Å². The lowest BCUT2D eigenvalue weighted by Gasteiger charge is -2.27. The van der Waals surface area contributed by atoms with Gasteiger partial charge in [-0.15, -0.1) is 0 Å². The van der Waals surface area contributed by atoms with Gasteiger partial charge >= 0.3 is 0 Å². The van der Waals surface area contributed by atoms with Gasteiger partial charge in [-0.25, -0.2) is 0 Å². The van der Waals surface area contributed by atoms with Crippen molar-refractivity contribution in [2.24, 2.45) is 11.5 Å². The number of hydrogen-bond donors (Lipinski definition) is 2. The Balaban J connectivity index is 2.36. The van der Waals surface area contributed by atoms with E-state index >= 15 is 0 Å². The smallest absolute Gasteiger partial charge is 0.232 e. The summed E-state index contributed by atoms with van der Waals surface area (Å²) in [6.45, 7) is 0. The molecule has 100 valence electrons. The standard InChI is InChI=1S/C17H16N2O/c18-11-5-10-17(16(19)20)14-8-3-1-6-12(14)13-7-2-4-9-15(13)17/h1-9,11H,10,18H2,(H2,19,20). The summed E-state index contributed by atoms with van der Waals surface area (Å²) >= 11 is 0. The van der Waals surface area contributed by atoms with Crippen molar-refractivity contribution in [2.75, 3.05) is 0 Å². The molecule has 0 heterocycles. The Labute approximate surface area is 117 Å². The molecule has 4 N–H and O–H groups in total. The number of allylic oxidation sites excluding steroid dienone is 1. The van der Waals surface area contributed by atoms with E-state index in [2.05, 4.69) is 0 Å². The highest BCUT2D eigenvalue weighted by Crippen LogP contribution is 2.50. The van der Waals surface area contributed by atoms with Gasteiger partial charge < -0.3 is 11.5 Å². The quantitative estimate of drug-likeness (QED) is 0.893. The predicted octanol–water partition coefficient (Wildman–Crippen LogP) is 2.30. The van der Waals surface area contributed by atoms with Gasteiger partial charge in [0.25, 0.3) is 0 Å². The van der Waals surface area contributed by atoms with Crippen LogP contribution in [0, 0.1) is 0 Å².